The molecule has 4 heteroatoms. The number of rotatable bonds is 7. The largest absolute Gasteiger partial charge is 0.491 e. The van der Waals surface area contributed by atoms with E-state index in [2.05, 4.69) is 40.3 Å². The highest BCUT2D eigenvalue weighted by atomic mass is 79.9. The molecule has 0 spiro atoms. The summed E-state index contributed by atoms with van der Waals surface area (Å²) in [6, 6.07) is 17.9. The molecule has 0 fully saturated rings. The van der Waals surface area contributed by atoms with Gasteiger partial charge < -0.3 is 15.2 Å². The highest BCUT2D eigenvalue weighted by Gasteiger charge is 2.09. The summed E-state index contributed by atoms with van der Waals surface area (Å²) in [5.74, 6) is 0.758. The molecule has 3 nitrogen and oxygen atoms in total. The van der Waals surface area contributed by atoms with Crippen LogP contribution in [0, 0.1) is 0 Å². The van der Waals surface area contributed by atoms with Crippen molar-refractivity contribution in [1.29, 1.82) is 0 Å². The number of nitrogens with one attached hydrogen (secondary N) is 1. The van der Waals surface area contributed by atoms with Gasteiger partial charge in [-0.25, -0.2) is 0 Å². The van der Waals surface area contributed by atoms with Gasteiger partial charge in [0.1, 0.15) is 18.5 Å². The van der Waals surface area contributed by atoms with E-state index in [4.69, 9.17) is 4.74 Å². The lowest BCUT2D eigenvalue weighted by molar-refractivity contribution is 0.104. The summed E-state index contributed by atoms with van der Waals surface area (Å²) in [7, 11) is 0. The maximum absolute atomic E-state index is 9.96. The first-order chi connectivity index (χ1) is 10.1. The van der Waals surface area contributed by atoms with Gasteiger partial charge in [-0.1, -0.05) is 46.3 Å². The van der Waals surface area contributed by atoms with E-state index in [1.165, 1.54) is 5.56 Å². The maximum Gasteiger partial charge on any atom is 0.119 e. The van der Waals surface area contributed by atoms with Gasteiger partial charge in [-0.05, 0) is 36.8 Å². The molecule has 0 saturated heterocycles. The first kappa shape index (κ1) is 16.0. The topological polar surface area (TPSA) is 41.5 Å². The molecule has 2 aromatic rings. The fourth-order valence-electron chi connectivity index (χ4n) is 1.95. The highest BCUT2D eigenvalue weighted by Crippen LogP contribution is 2.16. The van der Waals surface area contributed by atoms with Gasteiger partial charge in [0.15, 0.2) is 0 Å². The van der Waals surface area contributed by atoms with Crippen molar-refractivity contribution in [3.63, 3.8) is 0 Å². The molecule has 21 heavy (non-hydrogen) atoms. The SMILES string of the molecule is C[C@@H](NC[C@@H](O)COc1ccc(Br)cc1)c1ccccc1. The van der Waals surface area contributed by atoms with E-state index in [1.54, 1.807) is 0 Å². The molecule has 2 atom stereocenters. The third-order valence-electron chi connectivity index (χ3n) is 3.22. The molecule has 0 saturated carbocycles. The second-order valence-electron chi connectivity index (χ2n) is 4.96. The Bertz CT molecular complexity index is 530. The Morgan fingerprint density at radius 1 is 1.10 bits per heavy atom. The predicted molar refractivity (Wildman–Crippen MR) is 88.5 cm³/mol. The third-order valence-corrected chi connectivity index (χ3v) is 3.74. The van der Waals surface area contributed by atoms with Crippen molar-refractivity contribution in [2.24, 2.45) is 0 Å². The van der Waals surface area contributed by atoms with E-state index in [1.807, 2.05) is 42.5 Å². The normalized spacial score (nSPS) is 13.7. The van der Waals surface area contributed by atoms with Crippen LogP contribution < -0.4 is 10.1 Å². The molecular weight excluding hydrogens is 330 g/mol. The van der Waals surface area contributed by atoms with Crippen molar-refractivity contribution in [3.8, 4) is 5.75 Å². The average Bonchev–Trinajstić information content (AvgIpc) is 2.53. The second kappa shape index (κ2) is 8.17. The van der Waals surface area contributed by atoms with E-state index >= 15 is 0 Å². The molecule has 0 amide bonds. The number of hydrogen-bond donors (Lipinski definition) is 2. The molecule has 112 valence electrons. The fourth-order valence-corrected chi connectivity index (χ4v) is 2.22. The van der Waals surface area contributed by atoms with Gasteiger partial charge in [0.2, 0.25) is 0 Å². The van der Waals surface area contributed by atoms with Crippen molar-refractivity contribution in [2.45, 2.75) is 19.1 Å². The summed E-state index contributed by atoms with van der Waals surface area (Å²) in [5, 5.41) is 13.3. The van der Waals surface area contributed by atoms with Crippen LogP contribution in [0.2, 0.25) is 0 Å². The molecule has 0 radical (unpaired) electrons. The van der Waals surface area contributed by atoms with E-state index in [9.17, 15) is 5.11 Å². The Morgan fingerprint density at radius 3 is 2.43 bits per heavy atom. The fraction of sp³-hybridized carbons (Fsp3) is 0.294. The van der Waals surface area contributed by atoms with Crippen molar-refractivity contribution < 1.29 is 9.84 Å². The van der Waals surface area contributed by atoms with Gasteiger partial charge in [-0.15, -0.1) is 0 Å². The maximum atomic E-state index is 9.96. The highest BCUT2D eigenvalue weighted by molar-refractivity contribution is 9.10. The monoisotopic (exact) mass is 349 g/mol. The van der Waals surface area contributed by atoms with Crippen LogP contribution in [0.4, 0.5) is 0 Å². The van der Waals surface area contributed by atoms with Crippen LogP contribution in [0.1, 0.15) is 18.5 Å². The standard InChI is InChI=1S/C17H20BrNO2/c1-13(14-5-3-2-4-6-14)19-11-16(20)12-21-17-9-7-15(18)8-10-17/h2-10,13,16,19-20H,11-12H2,1H3/t13-,16-/m1/s1. The number of halogens is 1. The van der Waals surface area contributed by atoms with Crippen molar-refractivity contribution in [1.82, 2.24) is 5.32 Å². The third kappa shape index (κ3) is 5.50. The summed E-state index contributed by atoms with van der Waals surface area (Å²) in [4.78, 5) is 0. The van der Waals surface area contributed by atoms with Crippen LogP contribution in [0.15, 0.2) is 59.1 Å². The lowest BCUT2D eigenvalue weighted by Gasteiger charge is -2.18. The summed E-state index contributed by atoms with van der Waals surface area (Å²) >= 11 is 3.37. The van der Waals surface area contributed by atoms with E-state index in [0.29, 0.717) is 6.54 Å². The van der Waals surface area contributed by atoms with Crippen LogP contribution in [0.25, 0.3) is 0 Å². The number of benzene rings is 2. The Kier molecular flexibility index (Phi) is 6.23. The lowest BCUT2D eigenvalue weighted by Crippen LogP contribution is -2.33. The Hall–Kier alpha value is -1.36. The second-order valence-corrected chi connectivity index (χ2v) is 5.88. The minimum Gasteiger partial charge on any atom is -0.491 e. The molecule has 2 rings (SSSR count). The Labute approximate surface area is 134 Å². The van der Waals surface area contributed by atoms with Gasteiger partial charge in [0.25, 0.3) is 0 Å². The van der Waals surface area contributed by atoms with Gasteiger partial charge in [-0.2, -0.15) is 0 Å². The number of aliphatic hydroxyl groups excluding tert-OH is 1. The van der Waals surface area contributed by atoms with Crippen LogP contribution in [0.3, 0.4) is 0 Å². The minimum atomic E-state index is -0.542. The molecule has 0 bridgehead atoms. The van der Waals surface area contributed by atoms with Crippen LogP contribution >= 0.6 is 15.9 Å². The zero-order valence-electron chi connectivity index (χ0n) is 12.0. The Balaban J connectivity index is 1.72. The smallest absolute Gasteiger partial charge is 0.119 e. The van der Waals surface area contributed by atoms with Gasteiger partial charge in [0.05, 0.1) is 0 Å². The zero-order chi connectivity index (χ0) is 15.1. The van der Waals surface area contributed by atoms with Crippen molar-refractivity contribution in [3.05, 3.63) is 64.6 Å². The van der Waals surface area contributed by atoms with Gasteiger partial charge in [0, 0.05) is 17.1 Å². The number of ether oxygens (including phenoxy) is 1. The molecular formula is C17H20BrNO2. The summed E-state index contributed by atoms with van der Waals surface area (Å²) in [5.41, 5.74) is 1.21. The molecule has 0 heterocycles. The first-order valence-corrected chi connectivity index (χ1v) is 7.79. The molecule has 0 aliphatic rings. The first-order valence-electron chi connectivity index (χ1n) is 7.00. The average molecular weight is 350 g/mol. The quantitative estimate of drug-likeness (QED) is 0.803. The van der Waals surface area contributed by atoms with Crippen molar-refractivity contribution in [2.75, 3.05) is 13.2 Å². The number of hydrogen-bond acceptors (Lipinski definition) is 3. The molecule has 2 N–H and O–H groups in total. The zero-order valence-corrected chi connectivity index (χ0v) is 13.6. The van der Waals surface area contributed by atoms with E-state index in [-0.39, 0.29) is 12.6 Å². The molecule has 0 aliphatic carbocycles. The van der Waals surface area contributed by atoms with Crippen LogP contribution in [0.5, 0.6) is 5.75 Å². The van der Waals surface area contributed by atoms with E-state index in [0.717, 1.165) is 10.2 Å². The van der Waals surface area contributed by atoms with Gasteiger partial charge >= 0.3 is 0 Å². The van der Waals surface area contributed by atoms with Gasteiger partial charge in [-0.3, -0.25) is 0 Å². The molecule has 2 aromatic carbocycles. The van der Waals surface area contributed by atoms with Crippen LogP contribution in [-0.2, 0) is 0 Å². The van der Waals surface area contributed by atoms with Crippen LogP contribution in [-0.4, -0.2) is 24.4 Å². The Morgan fingerprint density at radius 2 is 1.76 bits per heavy atom. The number of aliphatic hydroxyl groups is 1. The molecule has 0 unspecified atom stereocenters. The summed E-state index contributed by atoms with van der Waals surface area (Å²) in [6.45, 7) is 2.85. The predicted octanol–water partition coefficient (Wildman–Crippen LogP) is 3.54. The molecule has 0 aliphatic heterocycles. The lowest BCUT2D eigenvalue weighted by atomic mass is 10.1. The summed E-state index contributed by atoms with van der Waals surface area (Å²) < 4.78 is 6.56. The molecule has 0 aromatic heterocycles. The summed E-state index contributed by atoms with van der Waals surface area (Å²) in [6.07, 6.45) is -0.542. The van der Waals surface area contributed by atoms with E-state index < -0.39 is 6.10 Å². The van der Waals surface area contributed by atoms with Crippen molar-refractivity contribution >= 4 is 15.9 Å². The minimum absolute atomic E-state index is 0.202.